The van der Waals surface area contributed by atoms with Crippen LogP contribution in [-0.2, 0) is 17.4 Å². The van der Waals surface area contributed by atoms with E-state index in [9.17, 15) is 18.0 Å². The van der Waals surface area contributed by atoms with Crippen LogP contribution >= 0.6 is 0 Å². The second kappa shape index (κ2) is 5.36. The highest BCUT2D eigenvalue weighted by molar-refractivity contribution is 5.67. The lowest BCUT2D eigenvalue weighted by molar-refractivity contribution is -0.144. The van der Waals surface area contributed by atoms with Gasteiger partial charge in [0.2, 0.25) is 0 Å². The topological polar surface area (TPSA) is 55.1 Å². The van der Waals surface area contributed by atoms with Crippen molar-refractivity contribution < 1.29 is 23.1 Å². The molecule has 0 radical (unpaired) electrons. The van der Waals surface area contributed by atoms with Crippen LogP contribution in [-0.4, -0.2) is 20.9 Å². The molecule has 1 aromatic carbocycles. The number of benzene rings is 1. The number of halogens is 3. The third-order valence-electron chi connectivity index (χ3n) is 2.72. The summed E-state index contributed by atoms with van der Waals surface area (Å²) >= 11 is 0. The monoisotopic (exact) mass is 284 g/mol. The van der Waals surface area contributed by atoms with Gasteiger partial charge in [0.05, 0.1) is 11.9 Å². The molecule has 0 fully saturated rings. The summed E-state index contributed by atoms with van der Waals surface area (Å²) in [5.74, 6) is -1.15. The predicted molar refractivity (Wildman–Crippen MR) is 64.5 cm³/mol. The number of carboxylic acids is 1. The molecule has 0 unspecified atom stereocenters. The van der Waals surface area contributed by atoms with E-state index in [1.54, 1.807) is 18.2 Å². The molecule has 0 aliphatic heterocycles. The minimum Gasteiger partial charge on any atom is -0.481 e. The van der Waals surface area contributed by atoms with Gasteiger partial charge in [-0.05, 0) is 18.6 Å². The normalized spacial score (nSPS) is 11.6. The SMILES string of the molecule is O=C(O)CCc1cnn(-c2ccccc2)c1C(F)(F)F. The second-order valence-corrected chi connectivity index (χ2v) is 4.16. The van der Waals surface area contributed by atoms with Gasteiger partial charge in [-0.3, -0.25) is 4.79 Å². The molecule has 0 amide bonds. The van der Waals surface area contributed by atoms with Crippen molar-refractivity contribution in [3.63, 3.8) is 0 Å². The first kappa shape index (κ1) is 14.1. The zero-order chi connectivity index (χ0) is 14.8. The largest absolute Gasteiger partial charge is 0.481 e. The molecule has 0 aliphatic rings. The van der Waals surface area contributed by atoms with Gasteiger partial charge in [0, 0.05) is 12.0 Å². The highest BCUT2D eigenvalue weighted by Gasteiger charge is 2.38. The number of hydrogen-bond acceptors (Lipinski definition) is 2. The first-order valence-corrected chi connectivity index (χ1v) is 5.81. The lowest BCUT2D eigenvalue weighted by Gasteiger charge is -2.12. The summed E-state index contributed by atoms with van der Waals surface area (Å²) in [6, 6.07) is 7.90. The van der Waals surface area contributed by atoms with Gasteiger partial charge < -0.3 is 5.11 Å². The third-order valence-corrected chi connectivity index (χ3v) is 2.72. The Morgan fingerprint density at radius 1 is 1.25 bits per heavy atom. The zero-order valence-corrected chi connectivity index (χ0v) is 10.3. The number of hydrogen-bond donors (Lipinski definition) is 1. The molecule has 0 saturated heterocycles. The summed E-state index contributed by atoms with van der Waals surface area (Å²) < 4.78 is 40.2. The standard InChI is InChI=1S/C13H11F3N2O2/c14-13(15,16)12-9(6-7-11(19)20)8-17-18(12)10-4-2-1-3-5-10/h1-5,8H,6-7H2,(H,19,20). The molecule has 1 N–H and O–H groups in total. The molecule has 20 heavy (non-hydrogen) atoms. The molecule has 0 aliphatic carbocycles. The highest BCUT2D eigenvalue weighted by Crippen LogP contribution is 2.34. The maximum Gasteiger partial charge on any atom is 0.433 e. The maximum atomic E-state index is 13.1. The number of carbonyl (C=O) groups is 1. The number of aliphatic carboxylic acids is 1. The van der Waals surface area contributed by atoms with Crippen molar-refractivity contribution >= 4 is 5.97 Å². The molecule has 1 heterocycles. The molecule has 106 valence electrons. The fraction of sp³-hybridized carbons (Fsp3) is 0.231. The number of aryl methyl sites for hydroxylation is 1. The molecule has 0 saturated carbocycles. The van der Waals surface area contributed by atoms with Gasteiger partial charge in [-0.1, -0.05) is 18.2 Å². The third kappa shape index (κ3) is 2.98. The Morgan fingerprint density at radius 3 is 2.45 bits per heavy atom. The summed E-state index contributed by atoms with van der Waals surface area (Å²) in [4.78, 5) is 10.5. The van der Waals surface area contributed by atoms with E-state index in [4.69, 9.17) is 5.11 Å². The van der Waals surface area contributed by atoms with Gasteiger partial charge in [-0.25, -0.2) is 4.68 Å². The molecule has 2 rings (SSSR count). The number of para-hydroxylation sites is 1. The van der Waals surface area contributed by atoms with Crippen LogP contribution in [0.2, 0.25) is 0 Å². The Bertz CT molecular complexity index is 606. The van der Waals surface area contributed by atoms with Gasteiger partial charge in [0.25, 0.3) is 0 Å². The fourth-order valence-electron chi connectivity index (χ4n) is 1.87. The first-order chi connectivity index (χ1) is 9.39. The van der Waals surface area contributed by atoms with E-state index in [1.807, 2.05) is 0 Å². The fourth-order valence-corrected chi connectivity index (χ4v) is 1.87. The average Bonchev–Trinajstić information content (AvgIpc) is 2.81. The number of nitrogens with zero attached hydrogens (tertiary/aromatic N) is 2. The summed E-state index contributed by atoms with van der Waals surface area (Å²) in [7, 11) is 0. The molecule has 0 atom stereocenters. The van der Waals surface area contributed by atoms with Gasteiger partial charge in [0.1, 0.15) is 0 Å². The van der Waals surface area contributed by atoms with E-state index in [-0.39, 0.29) is 24.1 Å². The van der Waals surface area contributed by atoms with Crippen LogP contribution < -0.4 is 0 Å². The van der Waals surface area contributed by atoms with Gasteiger partial charge in [0.15, 0.2) is 5.69 Å². The summed E-state index contributed by atoms with van der Waals surface area (Å²) in [6.45, 7) is 0. The van der Waals surface area contributed by atoms with Crippen LogP contribution in [0.25, 0.3) is 5.69 Å². The summed E-state index contributed by atoms with van der Waals surface area (Å²) in [5.41, 5.74) is -0.768. The number of aromatic nitrogens is 2. The van der Waals surface area contributed by atoms with Gasteiger partial charge in [-0.15, -0.1) is 0 Å². The van der Waals surface area contributed by atoms with Crippen LogP contribution in [0, 0.1) is 0 Å². The highest BCUT2D eigenvalue weighted by atomic mass is 19.4. The molecular weight excluding hydrogens is 273 g/mol. The molecule has 2 aromatic rings. The van der Waals surface area contributed by atoms with Crippen LogP contribution in [0.5, 0.6) is 0 Å². The smallest absolute Gasteiger partial charge is 0.433 e. The lowest BCUT2D eigenvalue weighted by atomic mass is 10.1. The number of carboxylic acid groups (broad SMARTS) is 1. The number of alkyl halides is 3. The Kier molecular flexibility index (Phi) is 3.78. The van der Waals surface area contributed by atoms with Crippen LogP contribution in [0.1, 0.15) is 17.7 Å². The van der Waals surface area contributed by atoms with Gasteiger partial charge in [-0.2, -0.15) is 18.3 Å². The van der Waals surface area contributed by atoms with Crippen LogP contribution in [0.15, 0.2) is 36.5 Å². The molecular formula is C13H11F3N2O2. The Labute approximate surface area is 112 Å². The van der Waals surface area contributed by atoms with Crippen molar-refractivity contribution in [2.24, 2.45) is 0 Å². The van der Waals surface area contributed by atoms with E-state index >= 15 is 0 Å². The van der Waals surface area contributed by atoms with Crippen molar-refractivity contribution in [3.05, 3.63) is 47.8 Å². The van der Waals surface area contributed by atoms with E-state index in [2.05, 4.69) is 5.10 Å². The van der Waals surface area contributed by atoms with Crippen molar-refractivity contribution in [1.29, 1.82) is 0 Å². The molecule has 0 bridgehead atoms. The molecule has 4 nitrogen and oxygen atoms in total. The quantitative estimate of drug-likeness (QED) is 0.939. The minimum atomic E-state index is -4.60. The summed E-state index contributed by atoms with van der Waals surface area (Å²) in [5, 5.41) is 12.3. The maximum absolute atomic E-state index is 13.1. The van der Waals surface area contributed by atoms with Crippen molar-refractivity contribution in [2.45, 2.75) is 19.0 Å². The molecule has 0 spiro atoms. The Morgan fingerprint density at radius 2 is 1.90 bits per heavy atom. The van der Waals surface area contributed by atoms with Crippen molar-refractivity contribution in [1.82, 2.24) is 9.78 Å². The van der Waals surface area contributed by atoms with Gasteiger partial charge >= 0.3 is 12.1 Å². The van der Waals surface area contributed by atoms with E-state index in [0.29, 0.717) is 0 Å². The minimum absolute atomic E-state index is 0.122. The van der Waals surface area contributed by atoms with E-state index in [1.165, 1.54) is 12.1 Å². The average molecular weight is 284 g/mol. The van der Waals surface area contributed by atoms with Crippen molar-refractivity contribution in [2.75, 3.05) is 0 Å². The second-order valence-electron chi connectivity index (χ2n) is 4.16. The number of rotatable bonds is 4. The summed E-state index contributed by atoms with van der Waals surface area (Å²) in [6.07, 6.45) is -4.11. The zero-order valence-electron chi connectivity index (χ0n) is 10.3. The van der Waals surface area contributed by atoms with Crippen LogP contribution in [0.3, 0.4) is 0 Å². The van der Waals surface area contributed by atoms with Crippen LogP contribution in [0.4, 0.5) is 13.2 Å². The lowest BCUT2D eigenvalue weighted by Crippen LogP contribution is -2.16. The predicted octanol–water partition coefficient (Wildman–Crippen LogP) is 2.91. The first-order valence-electron chi connectivity index (χ1n) is 5.81. The van der Waals surface area contributed by atoms with E-state index < -0.39 is 17.8 Å². The Balaban J connectivity index is 2.46. The molecule has 1 aromatic heterocycles. The molecule has 7 heteroatoms. The van der Waals surface area contributed by atoms with Crippen molar-refractivity contribution in [3.8, 4) is 5.69 Å². The Hall–Kier alpha value is -2.31. The van der Waals surface area contributed by atoms with E-state index in [0.717, 1.165) is 10.9 Å².